The van der Waals surface area contributed by atoms with Crippen molar-refractivity contribution in [1.29, 1.82) is 0 Å². The molecule has 98 heavy (non-hydrogen) atoms. The van der Waals surface area contributed by atoms with Crippen LogP contribution in [0.15, 0.2) is 95.0 Å². The maximum absolute atomic E-state index is 13.5. The zero-order valence-corrected chi connectivity index (χ0v) is 66.5. The largest absolute Gasteiger partial charge is 1.00 e. The van der Waals surface area contributed by atoms with Crippen LogP contribution in [0.4, 0.5) is 32.2 Å². The number of methoxy groups -OCH3 is 2. The van der Waals surface area contributed by atoms with E-state index in [0.29, 0.717) is 17.9 Å². The molecule has 39 heteroatoms. The van der Waals surface area contributed by atoms with Crippen molar-refractivity contribution in [3.05, 3.63) is 101 Å². The Morgan fingerprint density at radius 1 is 0.704 bits per heavy atom. The first-order valence-corrected chi connectivity index (χ1v) is 32.1. The third-order valence-electron chi connectivity index (χ3n) is 15.9. The van der Waals surface area contributed by atoms with E-state index in [4.69, 9.17) is 45.6 Å². The van der Waals surface area contributed by atoms with Crippen LogP contribution in [-0.4, -0.2) is 139 Å². The van der Waals surface area contributed by atoms with Gasteiger partial charge in [0.2, 0.25) is 11.8 Å². The summed E-state index contributed by atoms with van der Waals surface area (Å²) >= 11 is 6.11. The number of phenols is 2. The number of sulfonamides is 2. The van der Waals surface area contributed by atoms with E-state index in [1.807, 2.05) is 23.5 Å². The van der Waals surface area contributed by atoms with Crippen LogP contribution < -0.4 is 147 Å². The van der Waals surface area contributed by atoms with Gasteiger partial charge in [0.05, 0.1) is 59.2 Å². The van der Waals surface area contributed by atoms with Gasteiger partial charge in [0.25, 0.3) is 38.3 Å². The minimum absolute atomic E-state index is 0. The van der Waals surface area contributed by atoms with E-state index in [0.717, 1.165) is 48.7 Å². The van der Waals surface area contributed by atoms with Gasteiger partial charge in [-0.25, -0.2) is 45.6 Å². The maximum atomic E-state index is 13.5. The molecule has 0 radical (unpaired) electrons. The summed E-state index contributed by atoms with van der Waals surface area (Å²) in [4.78, 5) is 47.4. The Morgan fingerprint density at radius 2 is 1.12 bits per heavy atom. The number of amides is 2. The topological polar surface area (TPSA) is 330 Å². The van der Waals surface area contributed by atoms with E-state index in [1.54, 1.807) is 0 Å². The monoisotopic (exact) mass is 1550 g/mol. The summed E-state index contributed by atoms with van der Waals surface area (Å²) in [5, 5.41) is 39.4. The zero-order chi connectivity index (χ0) is 68.7. The van der Waals surface area contributed by atoms with Crippen LogP contribution in [0.5, 0.6) is 34.8 Å². The standard InChI is InChI=1S/C29H34F3N5O6S.C22H20ClF3N4O6S.C7H15N.CH2O3.ClH.2K.2H2S.H/c1-18-16-27(2,3)36(17-18)25-20(26(39)35-44(40,41)19-5-7-21(38)22(15-19)42-4)6-8-23(33-25)37-13-9-24(34-37)43-14-12-28(10-11-28)29(30,31)32;1-35-16-12-13(2-4-15(16)31)37(33,34)29-20(32)14-3-5-17(27-19(14)23)30-10-6-18(28-30)36-11-9-21(7-8-21)22(24,25)26;1-6-4-7(2,3)8-5-6;2-1-4-3;;;;;;/h5-9,13,15,18,38H,10-12,14,16-17H2,1-4H3,(H,35,39);2-6,10,12,31H,7-9,11H2,1H3,(H,29,32);6,8H,4-5H2,1-3H3;1,3H;1H;;;2*1H2;/q;;;;;2*+1;;;-1/p-1/t18-;;6-;;;;;;;/m0.0......./s1. The van der Waals surface area contributed by atoms with Crippen LogP contribution in [0.25, 0.3) is 11.6 Å². The number of hydrogen-bond donors (Lipinski definition) is 5. The first-order valence-electron chi connectivity index (χ1n) is 28.7. The third-order valence-corrected chi connectivity index (χ3v) is 18.8. The van der Waals surface area contributed by atoms with Gasteiger partial charge in [0.15, 0.2) is 34.6 Å². The van der Waals surface area contributed by atoms with Crippen molar-refractivity contribution in [3.63, 3.8) is 0 Å². The molecule has 2 saturated carbocycles. The Balaban J connectivity index is 0.000000811. The summed E-state index contributed by atoms with van der Waals surface area (Å²) in [6, 6.07) is 15.1. The number of nitrogens with one attached hydrogen (secondary N) is 3. The number of aromatic hydroxyl groups is 2. The predicted molar refractivity (Wildman–Crippen MR) is 349 cm³/mol. The van der Waals surface area contributed by atoms with E-state index in [9.17, 15) is 63.0 Å². The Bertz CT molecular complexity index is 3920. The van der Waals surface area contributed by atoms with E-state index < -0.39 is 60.6 Å². The quantitative estimate of drug-likeness (QED) is 0.0183. The first kappa shape index (κ1) is 90.2. The van der Waals surface area contributed by atoms with Gasteiger partial charge < -0.3 is 50.9 Å². The Hall–Kier alpha value is -3.88. The fourth-order valence-electron chi connectivity index (χ4n) is 10.6. The molecule has 25 nitrogen and oxygen atoms in total. The number of hydrogen-bond acceptors (Lipinski definition) is 21. The number of alkyl halides is 6. The molecule has 2 aromatic carbocycles. The number of phenolic OH excluding ortho intramolecular Hbond substituents is 2. The minimum Gasteiger partial charge on any atom is -1.00 e. The second-order valence-corrected chi connectivity index (χ2v) is 27.8. The Labute approximate surface area is 674 Å². The van der Waals surface area contributed by atoms with Crippen molar-refractivity contribution in [2.24, 2.45) is 22.7 Å². The third kappa shape index (κ3) is 23.3. The Morgan fingerprint density at radius 3 is 1.46 bits per heavy atom. The molecule has 5 N–H and O–H groups in total. The number of carbonyl (C=O) groups is 3. The molecule has 4 fully saturated rings. The van der Waals surface area contributed by atoms with Gasteiger partial charge in [-0.2, -0.15) is 53.3 Å². The summed E-state index contributed by atoms with van der Waals surface area (Å²) in [7, 11) is -6.19. The van der Waals surface area contributed by atoms with Gasteiger partial charge in [-0.3, -0.25) is 14.4 Å². The number of ether oxygens (including phenoxy) is 4. The van der Waals surface area contributed by atoms with Crippen LogP contribution in [0.1, 0.15) is 115 Å². The molecule has 4 aliphatic rings. The number of halogens is 8. The fraction of sp³-hybridized carbons (Fsp3) is 0.475. The average Bonchev–Trinajstić information content (AvgIpc) is 0.876. The number of pyridine rings is 2. The summed E-state index contributed by atoms with van der Waals surface area (Å²) in [5.74, 6) is -0.660. The second kappa shape index (κ2) is 37.0. The van der Waals surface area contributed by atoms with Gasteiger partial charge in [-0.15, -0.1) is 22.6 Å². The summed E-state index contributed by atoms with van der Waals surface area (Å²) < 4.78 is 157. The molecular weight excluding hydrogens is 1480 g/mol. The van der Waals surface area contributed by atoms with E-state index in [2.05, 4.69) is 57.8 Å². The number of aromatic nitrogens is 6. The van der Waals surface area contributed by atoms with Crippen molar-refractivity contribution < 1.29 is 201 Å². The van der Waals surface area contributed by atoms with Gasteiger partial charge in [0.1, 0.15) is 11.0 Å². The maximum Gasteiger partial charge on any atom is 1.00 e. The van der Waals surface area contributed by atoms with Crippen molar-refractivity contribution in [1.82, 2.24) is 44.3 Å². The molecule has 6 heterocycles. The number of nitrogens with zero attached hydrogens (tertiary/aromatic N) is 7. The second-order valence-electron chi connectivity index (χ2n) is 24.0. The molecular formula is C59H76Cl2F6K2N10O15S4. The minimum atomic E-state index is -4.36. The molecule has 2 aliphatic heterocycles. The van der Waals surface area contributed by atoms with Gasteiger partial charge in [0, 0.05) is 54.3 Å². The van der Waals surface area contributed by atoms with E-state index in [1.165, 1.54) is 85.3 Å². The molecule has 2 aliphatic carbocycles. The van der Waals surface area contributed by atoms with Gasteiger partial charge in [-0.05, 0) is 146 Å². The number of anilines is 1. The summed E-state index contributed by atoms with van der Waals surface area (Å²) in [6.07, 6.45) is -3.39. The van der Waals surface area contributed by atoms with Gasteiger partial charge >= 0.3 is 115 Å². The van der Waals surface area contributed by atoms with Crippen LogP contribution in [0.2, 0.25) is 5.15 Å². The van der Waals surface area contributed by atoms with E-state index in [-0.39, 0.29) is 280 Å². The molecule has 0 bridgehead atoms. The molecule has 0 unspecified atom stereocenters. The number of benzene rings is 2. The predicted octanol–water partition coefficient (Wildman–Crippen LogP) is 3.30. The fourth-order valence-corrected chi connectivity index (χ4v) is 12.8. The molecule has 6 aromatic rings. The summed E-state index contributed by atoms with van der Waals surface area (Å²) in [6.45, 7) is 14.1. The van der Waals surface area contributed by atoms with Crippen molar-refractivity contribution in [3.8, 4) is 46.4 Å². The Kier molecular flexibility index (Phi) is 34.1. The smallest absolute Gasteiger partial charge is 1.00 e. The van der Waals surface area contributed by atoms with Crippen LogP contribution >= 0.6 is 51.0 Å². The molecule has 10 rings (SSSR count). The molecule has 534 valence electrons. The zero-order valence-electron chi connectivity index (χ0n) is 56.0. The number of carbonyl (C=O) groups excluding carboxylic acids is 3. The SMILES string of the molecule is COc1cc(S(=O)(=O)NC(=O)c2ccc(-n3ccc(OCCC4(C(F)(F)F)CC4)n3)nc2Cl)ccc1O.COc1cc(S(=O)(=O)NC(=O)c2ccc(-n3ccc(OCCC4(C(F)(F)F)CC4)n3)nc2N2C[C@@H](C)CC2(C)C)ccc1O.C[C@@H]1CNC(C)(C)C1.Cl.O=CO[O-].S.S.[H-].[K+].[K+]. The molecule has 2 atom stereocenters. The summed E-state index contributed by atoms with van der Waals surface area (Å²) in [5.41, 5.74) is -3.59. The average molecular weight is 1560 g/mol. The van der Waals surface area contributed by atoms with Crippen molar-refractivity contribution in [2.45, 2.75) is 126 Å². The molecule has 2 saturated heterocycles. The van der Waals surface area contributed by atoms with Crippen LogP contribution in [0.3, 0.4) is 0 Å². The van der Waals surface area contributed by atoms with Crippen LogP contribution in [-0.2, 0) is 29.7 Å². The number of rotatable bonds is 20. The van der Waals surface area contributed by atoms with Crippen molar-refractivity contribution >= 4 is 95.2 Å². The molecule has 2 amide bonds. The van der Waals surface area contributed by atoms with E-state index >= 15 is 0 Å². The van der Waals surface area contributed by atoms with Crippen LogP contribution in [0, 0.1) is 22.7 Å². The van der Waals surface area contributed by atoms with Gasteiger partial charge in [-0.1, -0.05) is 25.4 Å². The molecule has 0 spiro atoms. The molecule has 4 aromatic heterocycles. The van der Waals surface area contributed by atoms with Crippen molar-refractivity contribution in [2.75, 3.05) is 45.4 Å². The normalized spacial score (nSPS) is 17.2. The first-order chi connectivity index (χ1) is 43.4.